The molecule has 14 heavy (non-hydrogen) atoms. The highest BCUT2D eigenvalue weighted by molar-refractivity contribution is 6.44. The molecule has 1 N–H and O–H groups in total. The molecule has 78 valence electrons. The average Bonchev–Trinajstić information content (AvgIpc) is 2.01. The predicted octanol–water partition coefficient (Wildman–Crippen LogP) is 3.97. The van der Waals surface area contributed by atoms with Gasteiger partial charge in [0.2, 0.25) is 0 Å². The maximum atomic E-state index is 13.3. The molecule has 6 heteroatoms. The molecule has 0 saturated heterocycles. The van der Waals surface area contributed by atoms with Crippen LogP contribution in [0.1, 0.15) is 11.7 Å². The van der Waals surface area contributed by atoms with Gasteiger partial charge in [-0.15, -0.1) is 23.2 Å². The molecule has 0 amide bonds. The summed E-state index contributed by atoms with van der Waals surface area (Å²) < 4.78 is 13.3. The van der Waals surface area contributed by atoms with Gasteiger partial charge in [-0.1, -0.05) is 23.2 Å². The van der Waals surface area contributed by atoms with Gasteiger partial charge >= 0.3 is 0 Å². The quantitative estimate of drug-likeness (QED) is 0.811. The third-order valence-electron chi connectivity index (χ3n) is 1.58. The summed E-state index contributed by atoms with van der Waals surface area (Å²) in [4.78, 5) is -1.15. The highest BCUT2D eigenvalue weighted by atomic mass is 35.5. The summed E-state index contributed by atoms with van der Waals surface area (Å²) in [5.41, 5.74) is -0.147. The average molecular weight is 278 g/mol. The lowest BCUT2D eigenvalue weighted by Gasteiger charge is -2.14. The fourth-order valence-corrected chi connectivity index (χ4v) is 1.79. The minimum absolute atomic E-state index is 0.00574. The second-order valence-corrected chi connectivity index (χ2v) is 4.57. The van der Waals surface area contributed by atoms with Crippen molar-refractivity contribution < 1.29 is 9.50 Å². The first-order chi connectivity index (χ1) is 6.43. The molecule has 0 fully saturated rings. The van der Waals surface area contributed by atoms with E-state index in [1.54, 1.807) is 0 Å². The van der Waals surface area contributed by atoms with Crippen LogP contribution in [0.5, 0.6) is 0 Å². The van der Waals surface area contributed by atoms with Gasteiger partial charge in [-0.3, -0.25) is 0 Å². The van der Waals surface area contributed by atoms with Crippen molar-refractivity contribution in [3.8, 4) is 0 Å². The molecule has 0 saturated carbocycles. The lowest BCUT2D eigenvalue weighted by Crippen LogP contribution is -2.09. The fraction of sp³-hybridized carbons (Fsp3) is 0.250. The third kappa shape index (κ3) is 2.65. The van der Waals surface area contributed by atoms with Crippen LogP contribution in [0.2, 0.25) is 10.0 Å². The van der Waals surface area contributed by atoms with Gasteiger partial charge in [0.15, 0.2) is 0 Å². The van der Waals surface area contributed by atoms with E-state index in [2.05, 4.69) is 0 Å². The standard InChI is InChI=1S/C8H5Cl4FO/c9-3-1-4(10)6(5(13)2-3)7(14)8(11)12/h1-2,7-8,14H. The molecule has 1 rings (SSSR count). The molecule has 0 aromatic heterocycles. The summed E-state index contributed by atoms with van der Waals surface area (Å²) >= 11 is 22.0. The van der Waals surface area contributed by atoms with Gasteiger partial charge in [0.1, 0.15) is 16.8 Å². The Bertz CT molecular complexity index is 319. The highest BCUT2D eigenvalue weighted by Crippen LogP contribution is 2.33. The van der Waals surface area contributed by atoms with Crippen LogP contribution in [0.15, 0.2) is 12.1 Å². The zero-order chi connectivity index (χ0) is 10.9. The molecule has 0 spiro atoms. The van der Waals surface area contributed by atoms with E-state index in [1.165, 1.54) is 6.07 Å². The zero-order valence-electron chi connectivity index (χ0n) is 6.65. The van der Waals surface area contributed by atoms with Crippen LogP contribution in [0.4, 0.5) is 4.39 Å². The fourth-order valence-electron chi connectivity index (χ4n) is 0.962. The molecular formula is C8H5Cl4FO. The summed E-state index contributed by atoms with van der Waals surface area (Å²) in [5.74, 6) is -0.735. The van der Waals surface area contributed by atoms with Crippen LogP contribution in [0, 0.1) is 5.82 Å². The Morgan fingerprint density at radius 3 is 2.21 bits per heavy atom. The van der Waals surface area contributed by atoms with Crippen LogP contribution in [-0.4, -0.2) is 9.94 Å². The summed E-state index contributed by atoms with van der Waals surface area (Å²) in [7, 11) is 0. The first-order valence-corrected chi connectivity index (χ1v) is 5.17. The number of benzene rings is 1. The number of alkyl halides is 2. The summed E-state index contributed by atoms with van der Waals surface area (Å²) in [6.45, 7) is 0. The summed E-state index contributed by atoms with van der Waals surface area (Å²) in [6, 6.07) is 2.34. The minimum Gasteiger partial charge on any atom is -0.385 e. The lowest BCUT2D eigenvalue weighted by molar-refractivity contribution is 0.188. The first kappa shape index (κ1) is 12.3. The summed E-state index contributed by atoms with van der Waals surface area (Å²) in [6.07, 6.45) is -1.37. The lowest BCUT2D eigenvalue weighted by atomic mass is 10.1. The van der Waals surface area contributed by atoms with E-state index in [4.69, 9.17) is 46.4 Å². The van der Waals surface area contributed by atoms with Gasteiger partial charge in [-0.25, -0.2) is 4.39 Å². The molecule has 0 aliphatic heterocycles. The van der Waals surface area contributed by atoms with E-state index in [-0.39, 0.29) is 15.6 Å². The van der Waals surface area contributed by atoms with Crippen molar-refractivity contribution >= 4 is 46.4 Å². The van der Waals surface area contributed by atoms with Crippen molar-refractivity contribution in [1.29, 1.82) is 0 Å². The molecule has 0 aliphatic carbocycles. The summed E-state index contributed by atoms with van der Waals surface area (Å²) in [5, 5.41) is 9.56. The molecule has 0 bridgehead atoms. The van der Waals surface area contributed by atoms with E-state index >= 15 is 0 Å². The van der Waals surface area contributed by atoms with E-state index in [0.29, 0.717) is 0 Å². The Morgan fingerprint density at radius 1 is 1.21 bits per heavy atom. The number of hydrogen-bond donors (Lipinski definition) is 1. The van der Waals surface area contributed by atoms with Crippen molar-refractivity contribution in [2.24, 2.45) is 0 Å². The normalized spacial score (nSPS) is 13.4. The van der Waals surface area contributed by atoms with Gasteiger partial charge < -0.3 is 5.11 Å². The van der Waals surface area contributed by atoms with Gasteiger partial charge in [0.25, 0.3) is 0 Å². The maximum Gasteiger partial charge on any atom is 0.137 e. The van der Waals surface area contributed by atoms with Crippen molar-refractivity contribution in [2.75, 3.05) is 0 Å². The number of aliphatic hydroxyl groups is 1. The SMILES string of the molecule is OC(c1c(F)cc(Cl)cc1Cl)C(Cl)Cl. The maximum absolute atomic E-state index is 13.3. The number of rotatable bonds is 2. The molecule has 1 unspecified atom stereocenters. The van der Waals surface area contributed by atoms with E-state index < -0.39 is 16.8 Å². The Kier molecular flexibility index (Phi) is 4.29. The highest BCUT2D eigenvalue weighted by Gasteiger charge is 2.23. The van der Waals surface area contributed by atoms with Crippen LogP contribution in [-0.2, 0) is 0 Å². The van der Waals surface area contributed by atoms with Gasteiger partial charge in [-0.2, -0.15) is 0 Å². The number of halogens is 5. The topological polar surface area (TPSA) is 20.2 Å². The molecule has 1 atom stereocenters. The predicted molar refractivity (Wildman–Crippen MR) is 56.9 cm³/mol. The van der Waals surface area contributed by atoms with E-state index in [9.17, 15) is 9.50 Å². The molecular weight excluding hydrogens is 273 g/mol. The van der Waals surface area contributed by atoms with Gasteiger partial charge in [-0.05, 0) is 12.1 Å². The van der Waals surface area contributed by atoms with E-state index in [1.807, 2.05) is 0 Å². The van der Waals surface area contributed by atoms with E-state index in [0.717, 1.165) is 6.07 Å². The van der Waals surface area contributed by atoms with Crippen molar-refractivity contribution in [2.45, 2.75) is 10.9 Å². The monoisotopic (exact) mass is 276 g/mol. The van der Waals surface area contributed by atoms with Gasteiger partial charge in [0, 0.05) is 10.6 Å². The Balaban J connectivity index is 3.20. The number of hydrogen-bond acceptors (Lipinski definition) is 1. The smallest absolute Gasteiger partial charge is 0.137 e. The van der Waals surface area contributed by atoms with Gasteiger partial charge in [0.05, 0.1) is 5.02 Å². The second-order valence-electron chi connectivity index (χ2n) is 2.56. The van der Waals surface area contributed by atoms with Crippen molar-refractivity contribution in [3.63, 3.8) is 0 Å². The largest absolute Gasteiger partial charge is 0.385 e. The first-order valence-electron chi connectivity index (χ1n) is 3.54. The van der Waals surface area contributed by atoms with Crippen LogP contribution in [0.3, 0.4) is 0 Å². The third-order valence-corrected chi connectivity index (χ3v) is 2.59. The minimum atomic E-state index is -1.37. The number of aliphatic hydroxyl groups excluding tert-OH is 1. The van der Waals surface area contributed by atoms with Crippen molar-refractivity contribution in [3.05, 3.63) is 33.6 Å². The molecule has 0 aliphatic rings. The van der Waals surface area contributed by atoms with Crippen molar-refractivity contribution in [1.82, 2.24) is 0 Å². The van der Waals surface area contributed by atoms with Crippen LogP contribution in [0.25, 0.3) is 0 Å². The van der Waals surface area contributed by atoms with Crippen LogP contribution < -0.4 is 0 Å². The Labute approximate surface area is 100 Å². The van der Waals surface area contributed by atoms with Crippen LogP contribution >= 0.6 is 46.4 Å². The molecule has 0 radical (unpaired) electrons. The second kappa shape index (κ2) is 4.86. The molecule has 1 nitrogen and oxygen atoms in total. The Morgan fingerprint density at radius 2 is 1.79 bits per heavy atom. The zero-order valence-corrected chi connectivity index (χ0v) is 9.67. The molecule has 0 heterocycles. The Hall–Kier alpha value is 0.270. The molecule has 1 aromatic rings. The molecule has 1 aromatic carbocycles.